The molecule has 6 nitrogen and oxygen atoms in total. The highest BCUT2D eigenvalue weighted by Gasteiger charge is 2.54. The van der Waals surface area contributed by atoms with Crippen LogP contribution in [0.4, 0.5) is 9.59 Å². The summed E-state index contributed by atoms with van der Waals surface area (Å²) < 4.78 is 10.2. The number of hydrogen-bond acceptors (Lipinski definition) is 4. The van der Waals surface area contributed by atoms with Crippen molar-refractivity contribution in [1.82, 2.24) is 10.0 Å². The van der Waals surface area contributed by atoms with Gasteiger partial charge in [0.05, 0.1) is 25.3 Å². The minimum atomic E-state index is -0.501. The standard InChI is InChI=1S/C14H18N2O4/c1-3-19-13(17)15-11-7-8-12(10-6-5-9(10)11)16(15)14(18)20-4-2/h5-12H,3-4H2,1-2H3/t9-,10-,11-,12+/m0/s1. The second-order valence-electron chi connectivity index (χ2n) is 4.99. The molecule has 2 aliphatic heterocycles. The molecule has 1 fully saturated rings. The molecule has 0 spiro atoms. The molecule has 0 aromatic rings. The number of fused-ring (bicyclic) bond motifs is 1. The van der Waals surface area contributed by atoms with Crippen LogP contribution < -0.4 is 0 Å². The number of hydrazine groups is 1. The van der Waals surface area contributed by atoms with Crippen LogP contribution in [0.3, 0.4) is 0 Å². The Morgan fingerprint density at radius 1 is 0.850 bits per heavy atom. The van der Waals surface area contributed by atoms with E-state index in [1.807, 2.05) is 12.2 Å². The van der Waals surface area contributed by atoms with E-state index in [0.717, 1.165) is 0 Å². The molecule has 4 atom stereocenters. The molecule has 0 saturated carbocycles. The van der Waals surface area contributed by atoms with Gasteiger partial charge in [-0.15, -0.1) is 0 Å². The number of rotatable bonds is 2. The minimum Gasteiger partial charge on any atom is -0.448 e. The zero-order valence-corrected chi connectivity index (χ0v) is 11.6. The van der Waals surface area contributed by atoms with E-state index < -0.39 is 12.2 Å². The first-order valence-electron chi connectivity index (χ1n) is 6.97. The Morgan fingerprint density at radius 2 is 1.25 bits per heavy atom. The summed E-state index contributed by atoms with van der Waals surface area (Å²) in [7, 11) is 0. The van der Waals surface area contributed by atoms with Gasteiger partial charge in [0.1, 0.15) is 0 Å². The third-order valence-corrected chi connectivity index (χ3v) is 4.00. The molecule has 0 N–H and O–H groups in total. The van der Waals surface area contributed by atoms with Crippen LogP contribution in [0, 0.1) is 11.8 Å². The van der Waals surface area contributed by atoms with E-state index in [2.05, 4.69) is 12.2 Å². The Labute approximate surface area is 117 Å². The van der Waals surface area contributed by atoms with Gasteiger partial charge in [0, 0.05) is 11.8 Å². The second kappa shape index (κ2) is 4.85. The Hall–Kier alpha value is -1.98. The Bertz CT molecular complexity index is 446. The fraction of sp³-hybridized carbons (Fsp3) is 0.571. The van der Waals surface area contributed by atoms with Crippen molar-refractivity contribution < 1.29 is 19.1 Å². The molecule has 1 saturated heterocycles. The number of nitrogens with zero attached hydrogens (tertiary/aromatic N) is 2. The van der Waals surface area contributed by atoms with Gasteiger partial charge in [-0.2, -0.15) is 0 Å². The van der Waals surface area contributed by atoms with Crippen LogP contribution in [0.15, 0.2) is 24.3 Å². The van der Waals surface area contributed by atoms with Crippen molar-refractivity contribution in [2.24, 2.45) is 11.8 Å². The van der Waals surface area contributed by atoms with Crippen molar-refractivity contribution in [3.05, 3.63) is 24.3 Å². The molecule has 2 amide bonds. The first kappa shape index (κ1) is 13.0. The molecule has 0 aromatic heterocycles. The Morgan fingerprint density at radius 3 is 1.55 bits per heavy atom. The molecule has 4 rings (SSSR count). The van der Waals surface area contributed by atoms with Crippen molar-refractivity contribution in [3.63, 3.8) is 0 Å². The van der Waals surface area contributed by atoms with Crippen molar-refractivity contribution >= 4 is 12.2 Å². The topological polar surface area (TPSA) is 59.1 Å². The van der Waals surface area contributed by atoms with E-state index in [9.17, 15) is 9.59 Å². The Balaban J connectivity index is 1.92. The predicted octanol–water partition coefficient (Wildman–Crippen LogP) is 1.94. The monoisotopic (exact) mass is 278 g/mol. The normalized spacial score (nSPS) is 32.7. The van der Waals surface area contributed by atoms with Gasteiger partial charge in [0.25, 0.3) is 0 Å². The second-order valence-corrected chi connectivity index (χ2v) is 4.99. The molecule has 0 radical (unpaired) electrons. The number of carbonyl (C=O) groups excluding carboxylic acids is 2. The van der Waals surface area contributed by atoms with Crippen molar-refractivity contribution in [1.29, 1.82) is 0 Å². The molecule has 20 heavy (non-hydrogen) atoms. The number of carbonyl (C=O) groups is 2. The molecule has 4 aliphatic rings. The SMILES string of the molecule is CCOC(=O)N1[C@@H]2C=C[C@@H]([C@H]3C=C[C@@H]32)N1C(=O)OCC. The van der Waals surface area contributed by atoms with Crippen LogP contribution >= 0.6 is 0 Å². The average Bonchev–Trinajstić information content (AvgIpc) is 2.38. The number of ether oxygens (including phenoxy) is 2. The summed E-state index contributed by atoms with van der Waals surface area (Å²) in [5, 5.41) is 2.80. The number of hydrogen-bond donors (Lipinski definition) is 0. The van der Waals surface area contributed by atoms with Gasteiger partial charge >= 0.3 is 12.2 Å². The summed E-state index contributed by atoms with van der Waals surface area (Å²) in [5.41, 5.74) is 0. The van der Waals surface area contributed by atoms with Gasteiger partial charge in [0.2, 0.25) is 0 Å². The van der Waals surface area contributed by atoms with Crippen LogP contribution in [-0.4, -0.2) is 47.5 Å². The summed E-state index contributed by atoms with van der Waals surface area (Å²) in [5.74, 6) is 0.528. The molecular weight excluding hydrogens is 260 g/mol. The minimum absolute atomic E-state index is 0.168. The van der Waals surface area contributed by atoms with Gasteiger partial charge in [0.15, 0.2) is 0 Å². The van der Waals surface area contributed by atoms with Crippen molar-refractivity contribution in [2.45, 2.75) is 25.9 Å². The zero-order chi connectivity index (χ0) is 14.3. The zero-order valence-electron chi connectivity index (χ0n) is 11.6. The van der Waals surface area contributed by atoms with Gasteiger partial charge < -0.3 is 9.47 Å². The maximum Gasteiger partial charge on any atom is 0.429 e. The summed E-state index contributed by atoms with van der Waals surface area (Å²) in [4.78, 5) is 24.4. The lowest BCUT2D eigenvalue weighted by Crippen LogP contribution is -2.70. The van der Waals surface area contributed by atoms with Crippen LogP contribution in [0.5, 0.6) is 0 Å². The predicted molar refractivity (Wildman–Crippen MR) is 70.6 cm³/mol. The fourth-order valence-corrected chi connectivity index (χ4v) is 3.11. The first-order chi connectivity index (χ1) is 9.69. The first-order valence-corrected chi connectivity index (χ1v) is 6.97. The number of amides is 2. The highest BCUT2D eigenvalue weighted by atomic mass is 16.6. The summed E-state index contributed by atoms with van der Waals surface area (Å²) in [6, 6.07) is -0.336. The van der Waals surface area contributed by atoms with Gasteiger partial charge in [-0.05, 0) is 13.8 Å². The average molecular weight is 278 g/mol. The van der Waals surface area contributed by atoms with Crippen LogP contribution in [0.1, 0.15) is 13.8 Å². The van der Waals surface area contributed by atoms with E-state index in [0.29, 0.717) is 0 Å². The van der Waals surface area contributed by atoms with E-state index in [4.69, 9.17) is 9.47 Å². The summed E-state index contributed by atoms with van der Waals surface area (Å²) in [6.45, 7) is 4.04. The van der Waals surface area contributed by atoms with Crippen molar-refractivity contribution in [3.8, 4) is 0 Å². The Kier molecular flexibility index (Phi) is 3.16. The highest BCUT2D eigenvalue weighted by molar-refractivity contribution is 5.76. The summed E-state index contributed by atoms with van der Waals surface area (Å²) >= 11 is 0. The third-order valence-electron chi connectivity index (χ3n) is 4.00. The third kappa shape index (κ3) is 1.71. The van der Waals surface area contributed by atoms with Gasteiger partial charge in [-0.1, -0.05) is 24.3 Å². The van der Waals surface area contributed by atoms with E-state index in [1.54, 1.807) is 13.8 Å². The van der Waals surface area contributed by atoms with Crippen molar-refractivity contribution in [2.75, 3.05) is 13.2 Å². The quantitative estimate of drug-likeness (QED) is 0.724. The molecule has 2 bridgehead atoms. The van der Waals surface area contributed by atoms with Crippen LogP contribution in [0.2, 0.25) is 0 Å². The molecule has 2 heterocycles. The maximum absolute atomic E-state index is 12.2. The van der Waals surface area contributed by atoms with Gasteiger partial charge in [-0.3, -0.25) is 0 Å². The largest absolute Gasteiger partial charge is 0.448 e. The smallest absolute Gasteiger partial charge is 0.429 e. The van der Waals surface area contributed by atoms with E-state index in [1.165, 1.54) is 10.0 Å². The van der Waals surface area contributed by atoms with Gasteiger partial charge in [-0.25, -0.2) is 19.6 Å². The highest BCUT2D eigenvalue weighted by Crippen LogP contribution is 2.46. The lowest BCUT2D eigenvalue weighted by Gasteiger charge is -2.56. The molecule has 0 aromatic carbocycles. The van der Waals surface area contributed by atoms with E-state index in [-0.39, 0.29) is 37.1 Å². The van der Waals surface area contributed by atoms with Crippen LogP contribution in [-0.2, 0) is 9.47 Å². The summed E-state index contributed by atoms with van der Waals surface area (Å²) in [6.07, 6.45) is 7.11. The lowest BCUT2D eigenvalue weighted by molar-refractivity contribution is -0.110. The molecule has 0 unspecified atom stereocenters. The lowest BCUT2D eigenvalue weighted by atomic mass is 9.67. The maximum atomic E-state index is 12.2. The molecular formula is C14H18N2O4. The van der Waals surface area contributed by atoms with Crippen LogP contribution in [0.25, 0.3) is 0 Å². The molecule has 6 heteroatoms. The fourth-order valence-electron chi connectivity index (χ4n) is 3.11. The molecule has 2 aliphatic carbocycles. The van der Waals surface area contributed by atoms with E-state index >= 15 is 0 Å². The molecule has 108 valence electrons.